The van der Waals surface area contributed by atoms with Crippen molar-refractivity contribution in [2.24, 2.45) is 4.99 Å². The Balaban J connectivity index is 1.85. The highest BCUT2D eigenvalue weighted by atomic mass is 16.1. The fourth-order valence-electron chi connectivity index (χ4n) is 6.37. The van der Waals surface area contributed by atoms with Crippen LogP contribution in [0, 0.1) is 0 Å². The summed E-state index contributed by atoms with van der Waals surface area (Å²) in [7, 11) is 0. The van der Waals surface area contributed by atoms with Gasteiger partial charge in [0.2, 0.25) is 5.91 Å². The average Bonchev–Trinajstić information content (AvgIpc) is 3.45. The van der Waals surface area contributed by atoms with Gasteiger partial charge in [-0.25, -0.2) is 0 Å². The van der Waals surface area contributed by atoms with Crippen LogP contribution < -0.4 is 5.32 Å². The zero-order valence-corrected chi connectivity index (χ0v) is 28.8. The molecule has 42 heavy (non-hydrogen) atoms. The molecule has 0 aromatic heterocycles. The van der Waals surface area contributed by atoms with E-state index in [0.29, 0.717) is 6.42 Å². The Kier molecular flexibility index (Phi) is 29.1. The quantitative estimate of drug-likeness (QED) is 0.0774. The average molecular weight is 590 g/mol. The van der Waals surface area contributed by atoms with Gasteiger partial charge in [0.05, 0.1) is 12.4 Å². The van der Waals surface area contributed by atoms with E-state index in [2.05, 4.69) is 24.1 Å². The van der Waals surface area contributed by atoms with Crippen molar-refractivity contribution < 1.29 is 4.79 Å². The number of hydrogen-bond donors (Lipinski definition) is 1. The molecule has 0 fully saturated rings. The molecule has 1 aliphatic rings. The van der Waals surface area contributed by atoms with Gasteiger partial charge < -0.3 is 10.2 Å². The van der Waals surface area contributed by atoms with Crippen LogP contribution in [0.2, 0.25) is 0 Å². The maximum absolute atomic E-state index is 12.2. The summed E-state index contributed by atoms with van der Waals surface area (Å²) < 4.78 is 0. The molecule has 1 amide bonds. The maximum Gasteiger partial charge on any atom is 0.219 e. The Labute approximate surface area is 264 Å². The molecule has 1 N–H and O–H groups in total. The molecular formula is C38H75N3O. The monoisotopic (exact) mass is 590 g/mol. The molecule has 0 spiro atoms. The summed E-state index contributed by atoms with van der Waals surface area (Å²) in [4.78, 5) is 19.5. The van der Waals surface area contributed by atoms with Gasteiger partial charge in [0.1, 0.15) is 0 Å². The summed E-state index contributed by atoms with van der Waals surface area (Å²) in [6.45, 7) is 8.45. The van der Waals surface area contributed by atoms with Crippen molar-refractivity contribution in [1.82, 2.24) is 10.2 Å². The highest BCUT2D eigenvalue weighted by Crippen LogP contribution is 2.16. The van der Waals surface area contributed by atoms with E-state index < -0.39 is 0 Å². The number of unbranched alkanes of at least 4 members (excludes halogenated alkanes) is 25. The van der Waals surface area contributed by atoms with E-state index in [9.17, 15) is 4.79 Å². The highest BCUT2D eigenvalue weighted by molar-refractivity contribution is 5.83. The Morgan fingerprint density at radius 3 is 1.43 bits per heavy atom. The summed E-state index contributed by atoms with van der Waals surface area (Å²) in [5, 5.41) is 3.16. The van der Waals surface area contributed by atoms with E-state index in [-0.39, 0.29) is 5.91 Å². The van der Waals surface area contributed by atoms with Crippen LogP contribution in [0.25, 0.3) is 0 Å². The standard InChI is InChI=1S/C38H75N3O/c1-3-5-7-9-11-13-15-17-19-20-22-24-26-28-31-37-39-34-36-41(37)35-30-33-40-38(42)32-29-27-25-23-21-18-16-14-12-10-8-6-4-2/h3-36H2,1-2H3,(H,40,42). The van der Waals surface area contributed by atoms with Gasteiger partial charge in [0.25, 0.3) is 0 Å². The van der Waals surface area contributed by atoms with Gasteiger partial charge in [-0.2, -0.15) is 0 Å². The SMILES string of the molecule is CCCCCCCCCCCCCCCCC1=NCCN1CCCNC(=O)CCCCCCCCCCCCCCC. The zero-order valence-electron chi connectivity index (χ0n) is 28.8. The molecule has 0 atom stereocenters. The van der Waals surface area contributed by atoms with E-state index in [4.69, 9.17) is 4.99 Å². The molecule has 1 heterocycles. The molecule has 0 aliphatic carbocycles. The predicted octanol–water partition coefficient (Wildman–Crippen LogP) is 11.6. The highest BCUT2D eigenvalue weighted by Gasteiger charge is 2.15. The van der Waals surface area contributed by atoms with Crippen LogP contribution in [0.5, 0.6) is 0 Å². The van der Waals surface area contributed by atoms with Gasteiger partial charge in [0.15, 0.2) is 0 Å². The first-order chi connectivity index (χ1) is 20.8. The van der Waals surface area contributed by atoms with Crippen LogP contribution in [0.4, 0.5) is 0 Å². The number of aliphatic imine (C=N–C) groups is 1. The van der Waals surface area contributed by atoms with Crippen molar-refractivity contribution in [3.05, 3.63) is 0 Å². The molecule has 4 nitrogen and oxygen atoms in total. The molecule has 0 saturated carbocycles. The lowest BCUT2D eigenvalue weighted by Gasteiger charge is -2.20. The maximum atomic E-state index is 12.2. The number of rotatable bonds is 33. The third kappa shape index (κ3) is 25.4. The van der Waals surface area contributed by atoms with Crippen LogP contribution in [0.3, 0.4) is 0 Å². The van der Waals surface area contributed by atoms with Gasteiger partial charge in [-0.3, -0.25) is 9.79 Å². The fraction of sp³-hybridized carbons (Fsp3) is 0.947. The molecule has 0 aromatic rings. The van der Waals surface area contributed by atoms with Crippen molar-refractivity contribution in [3.8, 4) is 0 Å². The van der Waals surface area contributed by atoms with E-state index in [1.165, 1.54) is 173 Å². The van der Waals surface area contributed by atoms with Gasteiger partial charge >= 0.3 is 0 Å². The minimum absolute atomic E-state index is 0.246. The lowest BCUT2D eigenvalue weighted by atomic mass is 10.0. The molecular weight excluding hydrogens is 514 g/mol. The van der Waals surface area contributed by atoms with Crippen LogP contribution in [0.15, 0.2) is 4.99 Å². The Bertz CT molecular complexity index is 605. The van der Waals surface area contributed by atoms with E-state index in [1.807, 2.05) is 0 Å². The summed E-state index contributed by atoms with van der Waals surface area (Å²) in [6, 6.07) is 0. The second-order valence-electron chi connectivity index (χ2n) is 13.3. The molecule has 248 valence electrons. The third-order valence-corrected chi connectivity index (χ3v) is 9.22. The predicted molar refractivity (Wildman–Crippen MR) is 187 cm³/mol. The van der Waals surface area contributed by atoms with E-state index in [1.54, 1.807) is 0 Å². The van der Waals surface area contributed by atoms with Crippen molar-refractivity contribution in [2.45, 2.75) is 206 Å². The number of carbonyl (C=O) groups excluding carboxylic acids is 1. The third-order valence-electron chi connectivity index (χ3n) is 9.22. The Hall–Kier alpha value is -1.06. The van der Waals surface area contributed by atoms with Crippen LogP contribution in [0.1, 0.15) is 206 Å². The summed E-state index contributed by atoms with van der Waals surface area (Å²) in [5.74, 6) is 1.57. The molecule has 4 heteroatoms. The molecule has 0 unspecified atom stereocenters. The number of amides is 1. The van der Waals surface area contributed by atoms with E-state index >= 15 is 0 Å². The van der Waals surface area contributed by atoms with E-state index in [0.717, 1.165) is 45.4 Å². The summed E-state index contributed by atoms with van der Waals surface area (Å²) in [6.07, 6.45) is 40.2. The lowest BCUT2D eigenvalue weighted by molar-refractivity contribution is -0.121. The first-order valence-electron chi connectivity index (χ1n) is 19.3. The topological polar surface area (TPSA) is 44.7 Å². The zero-order chi connectivity index (χ0) is 30.2. The normalized spacial score (nSPS) is 13.2. The number of nitrogens with one attached hydrogen (secondary N) is 1. The van der Waals surface area contributed by atoms with Gasteiger partial charge in [-0.05, 0) is 19.3 Å². The molecule has 1 rings (SSSR count). The smallest absolute Gasteiger partial charge is 0.219 e. The minimum atomic E-state index is 0.246. The van der Waals surface area contributed by atoms with Crippen LogP contribution >= 0.6 is 0 Å². The summed E-state index contributed by atoms with van der Waals surface area (Å²) >= 11 is 0. The molecule has 0 aromatic carbocycles. The van der Waals surface area contributed by atoms with Gasteiger partial charge in [-0.1, -0.05) is 174 Å². The van der Waals surface area contributed by atoms with Crippen molar-refractivity contribution >= 4 is 11.7 Å². The number of carbonyl (C=O) groups is 1. The fourth-order valence-corrected chi connectivity index (χ4v) is 6.37. The molecule has 1 aliphatic heterocycles. The molecule has 0 radical (unpaired) electrons. The first-order valence-corrected chi connectivity index (χ1v) is 19.3. The Morgan fingerprint density at radius 2 is 0.976 bits per heavy atom. The second-order valence-corrected chi connectivity index (χ2v) is 13.3. The van der Waals surface area contributed by atoms with Gasteiger partial charge in [0, 0.05) is 32.5 Å². The number of hydrogen-bond acceptors (Lipinski definition) is 3. The Morgan fingerprint density at radius 1 is 0.571 bits per heavy atom. The molecule has 0 bridgehead atoms. The first kappa shape index (κ1) is 39.0. The minimum Gasteiger partial charge on any atom is -0.358 e. The number of amidine groups is 1. The summed E-state index contributed by atoms with van der Waals surface area (Å²) in [5.41, 5.74) is 0. The van der Waals surface area contributed by atoms with Crippen molar-refractivity contribution in [3.63, 3.8) is 0 Å². The van der Waals surface area contributed by atoms with Crippen LogP contribution in [-0.4, -0.2) is 42.8 Å². The second kappa shape index (κ2) is 31.4. The van der Waals surface area contributed by atoms with Crippen LogP contribution in [-0.2, 0) is 4.79 Å². The van der Waals surface area contributed by atoms with Gasteiger partial charge in [-0.15, -0.1) is 0 Å². The lowest BCUT2D eigenvalue weighted by Crippen LogP contribution is -2.32. The van der Waals surface area contributed by atoms with Crippen molar-refractivity contribution in [1.29, 1.82) is 0 Å². The van der Waals surface area contributed by atoms with Crippen molar-refractivity contribution in [2.75, 3.05) is 26.2 Å². The largest absolute Gasteiger partial charge is 0.358 e. The number of nitrogens with zero attached hydrogens (tertiary/aromatic N) is 2. The molecule has 0 saturated heterocycles.